The minimum Gasteiger partial charge on any atom is -0.349 e. The standard InChI is InChI=1S/C20H23BrN2O3S/c1-15(16-6-3-2-4-7-16)22-20(24)17-8-5-13-23(14-17)27(25,26)19-11-9-18(21)10-12-19/h2-4,6-7,9-12,15,17H,5,8,13-14H2,1H3,(H,22,24). The molecule has 27 heavy (non-hydrogen) atoms. The van der Waals surface area contributed by atoms with Crippen molar-refractivity contribution in [2.24, 2.45) is 5.92 Å². The molecule has 0 aliphatic carbocycles. The molecule has 2 unspecified atom stereocenters. The molecule has 1 aliphatic heterocycles. The monoisotopic (exact) mass is 450 g/mol. The molecular weight excluding hydrogens is 428 g/mol. The first kappa shape index (κ1) is 20.0. The van der Waals surface area contributed by atoms with Gasteiger partial charge in [0.1, 0.15) is 0 Å². The molecule has 1 fully saturated rings. The molecule has 0 saturated carbocycles. The van der Waals surface area contributed by atoms with E-state index in [-0.39, 0.29) is 29.3 Å². The van der Waals surface area contributed by atoms with Gasteiger partial charge in [-0.05, 0) is 49.6 Å². The van der Waals surface area contributed by atoms with Gasteiger partial charge >= 0.3 is 0 Å². The van der Waals surface area contributed by atoms with Gasteiger partial charge in [-0.15, -0.1) is 0 Å². The topological polar surface area (TPSA) is 66.5 Å². The van der Waals surface area contributed by atoms with E-state index in [1.807, 2.05) is 37.3 Å². The van der Waals surface area contributed by atoms with Crippen molar-refractivity contribution in [3.05, 3.63) is 64.6 Å². The van der Waals surface area contributed by atoms with Crippen LogP contribution in [0.25, 0.3) is 0 Å². The largest absolute Gasteiger partial charge is 0.349 e. The molecule has 5 nitrogen and oxygen atoms in total. The number of piperidine rings is 1. The number of hydrogen-bond donors (Lipinski definition) is 1. The highest BCUT2D eigenvalue weighted by Gasteiger charge is 2.33. The number of benzene rings is 2. The molecule has 2 aromatic carbocycles. The normalized spacial score (nSPS) is 19.4. The molecule has 0 bridgehead atoms. The Hall–Kier alpha value is -1.70. The summed E-state index contributed by atoms with van der Waals surface area (Å²) in [7, 11) is -3.59. The van der Waals surface area contributed by atoms with Crippen LogP contribution >= 0.6 is 15.9 Å². The molecule has 7 heteroatoms. The smallest absolute Gasteiger partial charge is 0.243 e. The van der Waals surface area contributed by atoms with Crippen molar-refractivity contribution in [3.8, 4) is 0 Å². The van der Waals surface area contributed by atoms with Gasteiger partial charge in [-0.25, -0.2) is 8.42 Å². The summed E-state index contributed by atoms with van der Waals surface area (Å²) < 4.78 is 28.0. The van der Waals surface area contributed by atoms with E-state index in [9.17, 15) is 13.2 Å². The van der Waals surface area contributed by atoms with Crippen LogP contribution in [-0.2, 0) is 14.8 Å². The Labute approximate surface area is 169 Å². The van der Waals surface area contributed by atoms with E-state index in [1.165, 1.54) is 4.31 Å². The average Bonchev–Trinajstić information content (AvgIpc) is 2.69. The van der Waals surface area contributed by atoms with E-state index in [0.29, 0.717) is 19.4 Å². The lowest BCUT2D eigenvalue weighted by Crippen LogP contribution is -2.45. The lowest BCUT2D eigenvalue weighted by molar-refractivity contribution is -0.126. The Morgan fingerprint density at radius 2 is 1.81 bits per heavy atom. The molecule has 0 spiro atoms. The van der Waals surface area contributed by atoms with Crippen LogP contribution in [0, 0.1) is 5.92 Å². The van der Waals surface area contributed by atoms with Crippen molar-refractivity contribution < 1.29 is 13.2 Å². The zero-order chi connectivity index (χ0) is 19.4. The lowest BCUT2D eigenvalue weighted by Gasteiger charge is -2.32. The Morgan fingerprint density at radius 1 is 1.15 bits per heavy atom. The number of rotatable bonds is 5. The fraction of sp³-hybridized carbons (Fsp3) is 0.350. The van der Waals surface area contributed by atoms with Gasteiger partial charge in [-0.1, -0.05) is 46.3 Å². The third kappa shape index (κ3) is 4.78. The van der Waals surface area contributed by atoms with Gasteiger partial charge in [0.25, 0.3) is 0 Å². The van der Waals surface area contributed by atoms with E-state index in [1.54, 1.807) is 24.3 Å². The maximum atomic E-state index is 12.9. The molecular formula is C20H23BrN2O3S. The first-order chi connectivity index (χ1) is 12.9. The molecule has 1 amide bonds. The minimum absolute atomic E-state index is 0.0953. The summed E-state index contributed by atoms with van der Waals surface area (Å²) in [5.41, 5.74) is 1.03. The Balaban J connectivity index is 1.68. The third-order valence-corrected chi connectivity index (χ3v) is 7.27. The molecule has 1 saturated heterocycles. The predicted molar refractivity (Wildman–Crippen MR) is 109 cm³/mol. The number of nitrogens with zero attached hydrogens (tertiary/aromatic N) is 1. The number of amides is 1. The molecule has 0 radical (unpaired) electrons. The summed E-state index contributed by atoms with van der Waals surface area (Å²) >= 11 is 3.32. The summed E-state index contributed by atoms with van der Waals surface area (Å²) in [5.74, 6) is -0.433. The van der Waals surface area contributed by atoms with Crippen molar-refractivity contribution >= 4 is 31.9 Å². The molecule has 144 valence electrons. The minimum atomic E-state index is -3.59. The highest BCUT2D eigenvalue weighted by molar-refractivity contribution is 9.10. The number of carbonyl (C=O) groups is 1. The molecule has 1 N–H and O–H groups in total. The summed E-state index contributed by atoms with van der Waals surface area (Å²) in [4.78, 5) is 13.0. The van der Waals surface area contributed by atoms with E-state index < -0.39 is 10.0 Å². The fourth-order valence-electron chi connectivity index (χ4n) is 3.29. The summed E-state index contributed by atoms with van der Waals surface area (Å²) in [5, 5.41) is 3.02. The average molecular weight is 451 g/mol. The van der Waals surface area contributed by atoms with Crippen LogP contribution in [0.4, 0.5) is 0 Å². The van der Waals surface area contributed by atoms with Gasteiger partial charge in [0, 0.05) is 17.6 Å². The second kappa shape index (κ2) is 8.54. The highest BCUT2D eigenvalue weighted by atomic mass is 79.9. The van der Waals surface area contributed by atoms with Gasteiger partial charge in [0.15, 0.2) is 0 Å². The van der Waals surface area contributed by atoms with Crippen LogP contribution in [0.15, 0.2) is 64.0 Å². The first-order valence-corrected chi connectivity index (χ1v) is 11.2. The quantitative estimate of drug-likeness (QED) is 0.754. The van der Waals surface area contributed by atoms with Crippen molar-refractivity contribution in [1.29, 1.82) is 0 Å². The van der Waals surface area contributed by atoms with Gasteiger partial charge < -0.3 is 5.32 Å². The van der Waals surface area contributed by atoms with Gasteiger partial charge in [0.2, 0.25) is 15.9 Å². The summed E-state index contributed by atoms with van der Waals surface area (Å²) in [6.45, 7) is 2.59. The van der Waals surface area contributed by atoms with E-state index >= 15 is 0 Å². The molecule has 1 aliphatic rings. The summed E-state index contributed by atoms with van der Waals surface area (Å²) in [6.07, 6.45) is 1.37. The second-order valence-electron chi connectivity index (χ2n) is 6.80. The third-order valence-electron chi connectivity index (χ3n) is 4.86. The summed E-state index contributed by atoms with van der Waals surface area (Å²) in [6, 6.07) is 16.2. The molecule has 0 aromatic heterocycles. The van der Waals surface area contributed by atoms with Crippen molar-refractivity contribution in [3.63, 3.8) is 0 Å². The van der Waals surface area contributed by atoms with Gasteiger partial charge in [-0.3, -0.25) is 4.79 Å². The molecule has 1 heterocycles. The number of hydrogen-bond acceptors (Lipinski definition) is 3. The van der Waals surface area contributed by atoms with Crippen molar-refractivity contribution in [2.75, 3.05) is 13.1 Å². The maximum absolute atomic E-state index is 12.9. The van der Waals surface area contributed by atoms with Crippen LogP contribution in [0.5, 0.6) is 0 Å². The molecule has 2 atom stereocenters. The Morgan fingerprint density at radius 3 is 2.48 bits per heavy atom. The maximum Gasteiger partial charge on any atom is 0.243 e. The lowest BCUT2D eigenvalue weighted by atomic mass is 9.98. The van der Waals surface area contributed by atoms with Crippen LogP contribution < -0.4 is 5.32 Å². The number of nitrogens with one attached hydrogen (secondary N) is 1. The van der Waals surface area contributed by atoms with Crippen LogP contribution in [0.1, 0.15) is 31.4 Å². The fourth-order valence-corrected chi connectivity index (χ4v) is 5.07. The first-order valence-electron chi connectivity index (χ1n) is 8.99. The number of sulfonamides is 1. The Bertz CT molecular complexity index is 885. The van der Waals surface area contributed by atoms with E-state index in [0.717, 1.165) is 10.0 Å². The molecule has 3 rings (SSSR count). The number of carbonyl (C=O) groups excluding carboxylic acids is 1. The Kier molecular flexibility index (Phi) is 6.34. The molecule has 2 aromatic rings. The van der Waals surface area contributed by atoms with E-state index in [4.69, 9.17) is 0 Å². The highest BCUT2D eigenvalue weighted by Crippen LogP contribution is 2.25. The zero-order valence-electron chi connectivity index (χ0n) is 15.1. The van der Waals surface area contributed by atoms with E-state index in [2.05, 4.69) is 21.2 Å². The SMILES string of the molecule is CC(NC(=O)C1CCCN(S(=O)(=O)c2ccc(Br)cc2)C1)c1ccccc1. The second-order valence-corrected chi connectivity index (χ2v) is 9.65. The zero-order valence-corrected chi connectivity index (χ0v) is 17.5. The van der Waals surface area contributed by atoms with Gasteiger partial charge in [-0.2, -0.15) is 4.31 Å². The van der Waals surface area contributed by atoms with Gasteiger partial charge in [0.05, 0.1) is 16.9 Å². The van der Waals surface area contributed by atoms with Crippen LogP contribution in [0.2, 0.25) is 0 Å². The van der Waals surface area contributed by atoms with Crippen molar-refractivity contribution in [1.82, 2.24) is 9.62 Å². The predicted octanol–water partition coefficient (Wildman–Crippen LogP) is 3.73. The van der Waals surface area contributed by atoms with Crippen LogP contribution in [0.3, 0.4) is 0 Å². The van der Waals surface area contributed by atoms with Crippen LogP contribution in [-0.4, -0.2) is 31.7 Å². The van der Waals surface area contributed by atoms with Crippen molar-refractivity contribution in [2.45, 2.75) is 30.7 Å². The number of halogens is 1.